The van der Waals surface area contributed by atoms with Gasteiger partial charge in [0.1, 0.15) is 0 Å². The van der Waals surface area contributed by atoms with Crippen molar-refractivity contribution in [3.8, 4) is 0 Å². The number of carbonyl (C=O) groups excluding carboxylic acids is 2. The number of carbonyl (C=O) groups is 2. The molecule has 1 aromatic heterocycles. The first kappa shape index (κ1) is 16.8. The van der Waals surface area contributed by atoms with E-state index in [2.05, 4.69) is 10.3 Å². The van der Waals surface area contributed by atoms with Gasteiger partial charge in [-0.15, -0.1) is 0 Å². The average Bonchev–Trinajstić information content (AvgIpc) is 3.15. The molecule has 2 amide bonds. The lowest BCUT2D eigenvalue weighted by Crippen LogP contribution is -2.37. The van der Waals surface area contributed by atoms with Gasteiger partial charge in [0.2, 0.25) is 5.91 Å². The number of thiazole rings is 1. The van der Waals surface area contributed by atoms with E-state index in [0.29, 0.717) is 27.8 Å². The van der Waals surface area contributed by atoms with Crippen molar-refractivity contribution >= 4 is 55.8 Å². The van der Waals surface area contributed by atoms with Gasteiger partial charge in [0.05, 0.1) is 16.3 Å². The fourth-order valence-electron chi connectivity index (χ4n) is 3.05. The van der Waals surface area contributed by atoms with Gasteiger partial charge < -0.3 is 16.0 Å². The van der Waals surface area contributed by atoms with Crippen LogP contribution in [0, 0.1) is 0 Å². The van der Waals surface area contributed by atoms with Gasteiger partial charge in [-0.2, -0.15) is 0 Å². The number of amides is 2. The maximum absolute atomic E-state index is 12.5. The van der Waals surface area contributed by atoms with Crippen LogP contribution in [0.2, 0.25) is 5.02 Å². The van der Waals surface area contributed by atoms with Crippen LogP contribution in [0.4, 0.5) is 10.8 Å². The number of hydrogen-bond donors (Lipinski definition) is 2. The maximum Gasteiger partial charge on any atom is 0.251 e. The third kappa shape index (κ3) is 3.23. The lowest BCUT2D eigenvalue weighted by molar-refractivity contribution is -0.117. The van der Waals surface area contributed by atoms with Crippen molar-refractivity contribution in [3.63, 3.8) is 0 Å². The number of rotatable bonds is 3. The topological polar surface area (TPSA) is 88.3 Å². The number of nitrogens with one attached hydrogen (secondary N) is 1. The van der Waals surface area contributed by atoms with Crippen LogP contribution in [-0.4, -0.2) is 29.4 Å². The second kappa shape index (κ2) is 6.59. The Bertz CT molecular complexity index is 1020. The minimum Gasteiger partial charge on any atom is -0.375 e. The monoisotopic (exact) mass is 386 g/mol. The first-order valence-corrected chi connectivity index (χ1v) is 9.22. The lowest BCUT2D eigenvalue weighted by atomic mass is 10.1. The Morgan fingerprint density at radius 3 is 2.96 bits per heavy atom. The van der Waals surface area contributed by atoms with E-state index in [1.165, 1.54) is 11.3 Å². The molecule has 3 aromatic rings. The predicted molar refractivity (Wildman–Crippen MR) is 104 cm³/mol. The van der Waals surface area contributed by atoms with E-state index >= 15 is 0 Å². The second-order valence-electron chi connectivity index (χ2n) is 6.09. The Balaban J connectivity index is 1.48. The zero-order valence-corrected chi connectivity index (χ0v) is 15.2. The number of nitrogens with two attached hydrogens (primary N) is 1. The van der Waals surface area contributed by atoms with E-state index in [4.69, 9.17) is 17.3 Å². The second-order valence-corrected chi connectivity index (χ2v) is 7.59. The molecule has 2 heterocycles. The number of aromatic nitrogens is 1. The Labute approximate surface area is 158 Å². The van der Waals surface area contributed by atoms with E-state index < -0.39 is 0 Å². The van der Waals surface area contributed by atoms with Crippen LogP contribution >= 0.6 is 22.9 Å². The van der Waals surface area contributed by atoms with E-state index in [9.17, 15) is 9.59 Å². The molecule has 0 radical (unpaired) electrons. The quantitative estimate of drug-likeness (QED) is 0.724. The summed E-state index contributed by atoms with van der Waals surface area (Å²) in [6.45, 7) is 0.414. The molecule has 1 atom stereocenters. The summed E-state index contributed by atoms with van der Waals surface area (Å²) in [5, 5.41) is 3.96. The first-order valence-electron chi connectivity index (χ1n) is 8.02. The van der Waals surface area contributed by atoms with Crippen LogP contribution in [0.15, 0.2) is 42.5 Å². The maximum atomic E-state index is 12.5. The fraction of sp³-hybridized carbons (Fsp3) is 0.167. The number of benzene rings is 2. The molecule has 6 nitrogen and oxygen atoms in total. The normalized spacial score (nSPS) is 17.0. The molecular weight excluding hydrogens is 372 g/mol. The molecule has 1 saturated heterocycles. The number of nitrogen functional groups attached to an aromatic ring is 1. The van der Waals surface area contributed by atoms with Crippen molar-refractivity contribution in [2.75, 3.05) is 17.2 Å². The summed E-state index contributed by atoms with van der Waals surface area (Å²) in [4.78, 5) is 30.7. The van der Waals surface area contributed by atoms with Crippen molar-refractivity contribution in [1.82, 2.24) is 10.3 Å². The number of nitrogens with zero attached hydrogens (tertiary/aromatic N) is 2. The Hall–Kier alpha value is -2.64. The highest BCUT2D eigenvalue weighted by Crippen LogP contribution is 2.26. The summed E-state index contributed by atoms with van der Waals surface area (Å²) in [5.74, 6) is -0.274. The van der Waals surface area contributed by atoms with Crippen molar-refractivity contribution in [2.24, 2.45) is 0 Å². The fourth-order valence-corrected chi connectivity index (χ4v) is 3.95. The van der Waals surface area contributed by atoms with Crippen LogP contribution in [-0.2, 0) is 4.79 Å². The van der Waals surface area contributed by atoms with E-state index in [-0.39, 0.29) is 24.3 Å². The molecule has 0 saturated carbocycles. The summed E-state index contributed by atoms with van der Waals surface area (Å²) < 4.78 is 0.933. The minimum absolute atomic E-state index is 0.0414. The SMILES string of the molecule is Nc1nc2cc(C(=O)NC3CC(=O)N(c4cccc(Cl)c4)C3)ccc2s1. The van der Waals surface area contributed by atoms with Crippen LogP contribution in [0.1, 0.15) is 16.8 Å². The highest BCUT2D eigenvalue weighted by molar-refractivity contribution is 7.22. The molecule has 8 heteroatoms. The molecule has 3 N–H and O–H groups in total. The standard InChI is InChI=1S/C18H15ClN4O2S/c19-11-2-1-3-13(7-11)23-9-12(8-16(23)24)21-17(25)10-4-5-15-14(6-10)22-18(20)26-15/h1-7,12H,8-9H2,(H2,20,22)(H,21,25). The largest absolute Gasteiger partial charge is 0.375 e. The van der Waals surface area contributed by atoms with Gasteiger partial charge in [0.25, 0.3) is 5.91 Å². The summed E-state index contributed by atoms with van der Waals surface area (Å²) in [6, 6.07) is 12.1. The Morgan fingerprint density at radius 2 is 2.15 bits per heavy atom. The van der Waals surface area contributed by atoms with Crippen LogP contribution in [0.5, 0.6) is 0 Å². The summed E-state index contributed by atoms with van der Waals surface area (Å²) in [7, 11) is 0. The van der Waals surface area contributed by atoms with Crippen LogP contribution in [0.25, 0.3) is 10.2 Å². The Morgan fingerprint density at radius 1 is 1.31 bits per heavy atom. The van der Waals surface area contributed by atoms with Crippen molar-refractivity contribution in [2.45, 2.75) is 12.5 Å². The zero-order valence-electron chi connectivity index (χ0n) is 13.6. The van der Waals surface area contributed by atoms with Gasteiger partial charge in [0, 0.05) is 29.2 Å². The van der Waals surface area contributed by atoms with E-state index in [0.717, 1.165) is 10.4 Å². The molecule has 1 unspecified atom stereocenters. The molecule has 0 bridgehead atoms. The molecule has 2 aromatic carbocycles. The van der Waals surface area contributed by atoms with E-state index in [1.807, 2.05) is 12.1 Å². The van der Waals surface area contributed by atoms with Crippen LogP contribution in [0.3, 0.4) is 0 Å². The molecule has 0 aliphatic carbocycles. The van der Waals surface area contributed by atoms with Crippen molar-refractivity contribution in [3.05, 3.63) is 53.1 Å². The summed E-state index contributed by atoms with van der Waals surface area (Å²) in [6.07, 6.45) is 0.254. The molecule has 0 spiro atoms. The Kier molecular flexibility index (Phi) is 4.26. The van der Waals surface area contributed by atoms with Crippen LogP contribution < -0.4 is 16.0 Å². The summed E-state index contributed by atoms with van der Waals surface area (Å²) in [5.41, 5.74) is 7.63. The molecule has 26 heavy (non-hydrogen) atoms. The predicted octanol–water partition coefficient (Wildman–Crippen LogP) is 3.07. The highest BCUT2D eigenvalue weighted by Gasteiger charge is 2.31. The minimum atomic E-state index is -0.259. The average molecular weight is 387 g/mol. The zero-order chi connectivity index (χ0) is 18.3. The number of hydrogen-bond acceptors (Lipinski definition) is 5. The van der Waals surface area contributed by atoms with E-state index in [1.54, 1.807) is 35.2 Å². The van der Waals surface area contributed by atoms with Gasteiger partial charge in [-0.25, -0.2) is 4.98 Å². The van der Waals surface area contributed by atoms with Gasteiger partial charge in [-0.1, -0.05) is 29.0 Å². The van der Waals surface area contributed by atoms with Gasteiger partial charge >= 0.3 is 0 Å². The molecule has 1 aliphatic rings. The van der Waals surface area contributed by atoms with Gasteiger partial charge in [0.15, 0.2) is 5.13 Å². The first-order chi connectivity index (χ1) is 12.5. The van der Waals surface area contributed by atoms with Crippen molar-refractivity contribution < 1.29 is 9.59 Å². The van der Waals surface area contributed by atoms with Gasteiger partial charge in [-0.3, -0.25) is 9.59 Å². The van der Waals surface area contributed by atoms with Crippen molar-refractivity contribution in [1.29, 1.82) is 0 Å². The molecule has 4 rings (SSSR count). The summed E-state index contributed by atoms with van der Waals surface area (Å²) >= 11 is 7.38. The molecule has 1 aliphatic heterocycles. The highest BCUT2D eigenvalue weighted by atomic mass is 35.5. The lowest BCUT2D eigenvalue weighted by Gasteiger charge is -2.17. The van der Waals surface area contributed by atoms with Gasteiger partial charge in [-0.05, 0) is 36.4 Å². The number of anilines is 2. The number of halogens is 1. The smallest absolute Gasteiger partial charge is 0.251 e. The third-order valence-electron chi connectivity index (χ3n) is 4.25. The molecule has 132 valence electrons. The molecular formula is C18H15ClN4O2S. The third-order valence-corrected chi connectivity index (χ3v) is 5.35. The number of fused-ring (bicyclic) bond motifs is 1. The molecule has 1 fully saturated rings.